The van der Waals surface area contributed by atoms with E-state index < -0.39 is 48.2 Å². The van der Waals surface area contributed by atoms with E-state index in [0.717, 1.165) is 0 Å². The standard InChI is InChI=1S/C9H14O5.C6H8O4.C6H10O3.CH4/c1-6(2)8(11)13-4-5-14-9(12)7(3)10;1-3-5(7)10-4(2)6(8)9-3;1-5(2)6(8)9-4-3-7;/h7,10H,1,4-5H2,2-3H3;3-4H,1-2H3;7H,1,3-4H2,2H3;1H4. The van der Waals surface area contributed by atoms with Gasteiger partial charge in [-0.25, -0.2) is 24.0 Å². The number of aliphatic hydroxyl groups is 2. The number of rotatable bonds is 8. The molecule has 0 aromatic rings. The largest absolute Gasteiger partial charge is 0.460 e. The summed E-state index contributed by atoms with van der Waals surface area (Å²) in [6.07, 6.45) is -2.65. The summed E-state index contributed by atoms with van der Waals surface area (Å²) in [6.45, 7) is 13.9. The van der Waals surface area contributed by atoms with Gasteiger partial charge < -0.3 is 33.9 Å². The van der Waals surface area contributed by atoms with Gasteiger partial charge >= 0.3 is 29.8 Å². The molecule has 0 aliphatic carbocycles. The Balaban J connectivity index is -0.000000430. The van der Waals surface area contributed by atoms with Crippen LogP contribution in [0.5, 0.6) is 0 Å². The fourth-order valence-corrected chi connectivity index (χ4v) is 1.42. The second kappa shape index (κ2) is 19.2. The van der Waals surface area contributed by atoms with Gasteiger partial charge in [-0.05, 0) is 34.6 Å². The monoisotopic (exact) mass is 492 g/mol. The summed E-state index contributed by atoms with van der Waals surface area (Å²) < 4.78 is 22.8. The predicted octanol–water partition coefficient (Wildman–Crippen LogP) is 0.627. The van der Waals surface area contributed by atoms with Crippen LogP contribution >= 0.6 is 0 Å². The Kier molecular flexibility index (Phi) is 20.0. The van der Waals surface area contributed by atoms with E-state index in [1.807, 2.05) is 0 Å². The lowest BCUT2D eigenvalue weighted by Crippen LogP contribution is -2.40. The number of esters is 5. The lowest BCUT2D eigenvalue weighted by molar-refractivity contribution is -0.191. The molecule has 1 heterocycles. The fraction of sp³-hybridized carbons (Fsp3) is 0.591. The molecule has 0 bridgehead atoms. The van der Waals surface area contributed by atoms with Crippen molar-refractivity contribution in [3.05, 3.63) is 24.3 Å². The van der Waals surface area contributed by atoms with Crippen molar-refractivity contribution in [1.82, 2.24) is 0 Å². The molecule has 0 radical (unpaired) electrons. The second-order valence-corrected chi connectivity index (χ2v) is 6.56. The van der Waals surface area contributed by atoms with E-state index in [9.17, 15) is 24.0 Å². The zero-order valence-electron chi connectivity index (χ0n) is 19.5. The van der Waals surface area contributed by atoms with Crippen LogP contribution in [0.25, 0.3) is 0 Å². The van der Waals surface area contributed by atoms with Gasteiger partial charge in [-0.1, -0.05) is 20.6 Å². The third kappa shape index (κ3) is 17.3. The summed E-state index contributed by atoms with van der Waals surface area (Å²) in [5, 5.41) is 16.9. The van der Waals surface area contributed by atoms with E-state index in [2.05, 4.69) is 36.8 Å². The summed E-state index contributed by atoms with van der Waals surface area (Å²) in [7, 11) is 0. The second-order valence-electron chi connectivity index (χ2n) is 6.56. The van der Waals surface area contributed by atoms with Crippen molar-refractivity contribution in [2.24, 2.45) is 0 Å². The molecule has 0 aromatic carbocycles. The number of ether oxygens (including phenoxy) is 5. The zero-order chi connectivity index (χ0) is 26.1. The first-order chi connectivity index (χ1) is 15.2. The summed E-state index contributed by atoms with van der Waals surface area (Å²) in [6, 6.07) is 0. The van der Waals surface area contributed by atoms with Crippen LogP contribution in [0.2, 0.25) is 0 Å². The van der Waals surface area contributed by atoms with Crippen molar-refractivity contribution in [3.8, 4) is 0 Å². The zero-order valence-corrected chi connectivity index (χ0v) is 19.5. The van der Waals surface area contributed by atoms with Crippen LogP contribution in [0, 0.1) is 0 Å². The maximum Gasteiger partial charge on any atom is 0.347 e. The van der Waals surface area contributed by atoms with Crippen molar-refractivity contribution >= 4 is 29.8 Å². The van der Waals surface area contributed by atoms with Gasteiger partial charge in [0.05, 0.1) is 6.61 Å². The molecule has 0 spiro atoms. The van der Waals surface area contributed by atoms with Gasteiger partial charge in [-0.2, -0.15) is 0 Å². The Bertz CT molecular complexity index is 691. The number of hydrogen-bond acceptors (Lipinski definition) is 12. The smallest absolute Gasteiger partial charge is 0.347 e. The van der Waals surface area contributed by atoms with E-state index in [1.54, 1.807) is 6.92 Å². The number of cyclic esters (lactones) is 2. The molecular formula is C22H36O12. The molecule has 3 atom stereocenters. The molecule has 0 saturated carbocycles. The maximum absolute atomic E-state index is 10.8. The Morgan fingerprint density at radius 3 is 1.56 bits per heavy atom. The minimum absolute atomic E-state index is 0. The van der Waals surface area contributed by atoms with E-state index in [0.29, 0.717) is 5.57 Å². The minimum atomic E-state index is -1.16. The number of carbonyl (C=O) groups is 5. The van der Waals surface area contributed by atoms with Crippen molar-refractivity contribution in [2.45, 2.75) is 60.4 Å². The molecular weight excluding hydrogens is 456 g/mol. The number of aliphatic hydroxyl groups excluding tert-OH is 2. The lowest BCUT2D eigenvalue weighted by atomic mass is 10.3. The highest BCUT2D eigenvalue weighted by Crippen LogP contribution is 2.08. The summed E-state index contributed by atoms with van der Waals surface area (Å²) in [4.78, 5) is 53.3. The van der Waals surface area contributed by atoms with E-state index >= 15 is 0 Å². The lowest BCUT2D eigenvalue weighted by Gasteiger charge is -2.22. The number of hydrogen-bond donors (Lipinski definition) is 2. The third-order valence-corrected chi connectivity index (χ3v) is 3.17. The normalized spacial score (nSPS) is 16.8. The first-order valence-corrected chi connectivity index (χ1v) is 9.76. The molecule has 12 nitrogen and oxygen atoms in total. The van der Waals surface area contributed by atoms with Crippen LogP contribution in [-0.4, -0.2) is 84.8 Å². The minimum Gasteiger partial charge on any atom is -0.460 e. The van der Waals surface area contributed by atoms with Crippen LogP contribution in [0.1, 0.15) is 42.0 Å². The Labute approximate surface area is 199 Å². The summed E-state index contributed by atoms with van der Waals surface area (Å²) in [5.41, 5.74) is 0.635. The number of carbonyl (C=O) groups excluding carboxylic acids is 5. The van der Waals surface area contributed by atoms with Gasteiger partial charge in [0.25, 0.3) is 0 Å². The molecule has 3 unspecified atom stereocenters. The molecule has 1 fully saturated rings. The third-order valence-electron chi connectivity index (χ3n) is 3.17. The molecule has 1 aliphatic heterocycles. The molecule has 34 heavy (non-hydrogen) atoms. The van der Waals surface area contributed by atoms with E-state index in [1.165, 1.54) is 27.7 Å². The first-order valence-electron chi connectivity index (χ1n) is 9.76. The summed E-state index contributed by atoms with van der Waals surface area (Å²) in [5.74, 6) is -2.68. The highest BCUT2D eigenvalue weighted by molar-refractivity contribution is 5.87. The molecule has 1 saturated heterocycles. The Morgan fingerprint density at radius 1 is 0.882 bits per heavy atom. The van der Waals surface area contributed by atoms with Crippen LogP contribution in [0.15, 0.2) is 24.3 Å². The van der Waals surface area contributed by atoms with E-state index in [-0.39, 0.29) is 39.4 Å². The Morgan fingerprint density at radius 2 is 1.24 bits per heavy atom. The maximum atomic E-state index is 10.8. The van der Waals surface area contributed by atoms with Gasteiger partial charge in [0.2, 0.25) is 0 Å². The van der Waals surface area contributed by atoms with E-state index in [4.69, 9.17) is 10.2 Å². The van der Waals surface area contributed by atoms with Crippen molar-refractivity contribution in [1.29, 1.82) is 0 Å². The van der Waals surface area contributed by atoms with Gasteiger partial charge in [-0.15, -0.1) is 0 Å². The highest BCUT2D eigenvalue weighted by atomic mass is 16.6. The average Bonchev–Trinajstić information content (AvgIpc) is 2.73. The topological polar surface area (TPSA) is 172 Å². The van der Waals surface area contributed by atoms with Crippen LogP contribution in [0.4, 0.5) is 0 Å². The molecule has 0 amide bonds. The van der Waals surface area contributed by atoms with Gasteiger partial charge in [0.1, 0.15) is 25.9 Å². The predicted molar refractivity (Wildman–Crippen MR) is 119 cm³/mol. The van der Waals surface area contributed by atoms with Gasteiger partial charge in [-0.3, -0.25) is 0 Å². The molecule has 0 aromatic heterocycles. The average molecular weight is 493 g/mol. The quantitative estimate of drug-likeness (QED) is 0.210. The molecule has 1 aliphatic rings. The molecule has 2 N–H and O–H groups in total. The molecule has 1 rings (SSSR count). The van der Waals surface area contributed by atoms with Crippen molar-refractivity contribution < 1.29 is 57.9 Å². The van der Waals surface area contributed by atoms with Crippen LogP contribution in [0.3, 0.4) is 0 Å². The first kappa shape index (κ1) is 35.3. The van der Waals surface area contributed by atoms with Crippen LogP contribution in [-0.2, 0) is 47.7 Å². The van der Waals surface area contributed by atoms with Crippen molar-refractivity contribution in [2.75, 3.05) is 26.4 Å². The molecule has 12 heteroatoms. The van der Waals surface area contributed by atoms with Gasteiger partial charge in [0.15, 0.2) is 12.2 Å². The fourth-order valence-electron chi connectivity index (χ4n) is 1.42. The van der Waals surface area contributed by atoms with Crippen LogP contribution < -0.4 is 0 Å². The van der Waals surface area contributed by atoms with Gasteiger partial charge in [0, 0.05) is 11.1 Å². The van der Waals surface area contributed by atoms with Crippen molar-refractivity contribution in [3.63, 3.8) is 0 Å². The summed E-state index contributed by atoms with van der Waals surface area (Å²) >= 11 is 0. The SMILES string of the molecule is C.C=C(C)C(=O)OCCO.C=C(C)C(=O)OCCOC(=O)C(C)O.CC1OC(=O)C(C)OC1=O. The highest BCUT2D eigenvalue weighted by Gasteiger charge is 2.32. The Hall–Kier alpha value is -3.25. The molecule has 196 valence electrons.